The van der Waals surface area contributed by atoms with E-state index in [4.69, 9.17) is 20.9 Å². The van der Waals surface area contributed by atoms with Gasteiger partial charge in [0.05, 0.1) is 28.6 Å². The number of ether oxygens (including phenoxy) is 2. The number of phenols is 1. The van der Waals surface area contributed by atoms with Gasteiger partial charge in [0.2, 0.25) is 0 Å². The van der Waals surface area contributed by atoms with Gasteiger partial charge in [-0.05, 0) is 55.8 Å². The molecule has 8 nitrogen and oxygen atoms in total. The Labute approximate surface area is 251 Å². The molecule has 0 aliphatic carbocycles. The fourth-order valence-electron chi connectivity index (χ4n) is 7.76. The molecule has 4 saturated heterocycles. The molecule has 1 unspecified atom stereocenters. The van der Waals surface area contributed by atoms with Crippen molar-refractivity contribution in [3.05, 3.63) is 47.7 Å². The Morgan fingerprint density at radius 2 is 2.05 bits per heavy atom. The second-order valence-electron chi connectivity index (χ2n) is 12.5. The normalized spacial score (nSPS) is 26.4. The zero-order chi connectivity index (χ0) is 30.2. The molecular weight excluding hydrogens is 571 g/mol. The Bertz CT molecular complexity index is 1870. The number of nitrogens with zero attached hydrogens (tertiary/aromatic N) is 5. The van der Waals surface area contributed by atoms with Crippen molar-refractivity contribution in [3.8, 4) is 35.4 Å². The lowest BCUT2D eigenvalue weighted by Crippen LogP contribution is -2.61. The number of terminal acetylenes is 1. The maximum absolute atomic E-state index is 16.7. The summed E-state index contributed by atoms with van der Waals surface area (Å²) in [5, 5.41) is 11.6. The van der Waals surface area contributed by atoms with E-state index in [1.165, 1.54) is 30.5 Å². The highest BCUT2D eigenvalue weighted by molar-refractivity contribution is 6.03. The lowest BCUT2D eigenvalue weighted by molar-refractivity contribution is 0.107. The van der Waals surface area contributed by atoms with E-state index >= 15 is 4.39 Å². The van der Waals surface area contributed by atoms with Crippen molar-refractivity contribution < 1.29 is 27.8 Å². The van der Waals surface area contributed by atoms with Crippen LogP contribution < -0.4 is 9.64 Å². The molecule has 0 amide bonds. The van der Waals surface area contributed by atoms with Crippen molar-refractivity contribution in [1.82, 2.24) is 19.9 Å². The van der Waals surface area contributed by atoms with E-state index in [-0.39, 0.29) is 51.6 Å². The minimum atomic E-state index is -0.920. The number of alkyl halides is 1. The maximum atomic E-state index is 16.7. The fraction of sp³-hybridized carbons (Fsp3) is 0.424. The molecule has 226 valence electrons. The molecule has 6 heterocycles. The van der Waals surface area contributed by atoms with Gasteiger partial charge in [0.15, 0.2) is 5.82 Å². The summed E-state index contributed by atoms with van der Waals surface area (Å²) in [7, 11) is 0. The number of hydrogen-bond donors (Lipinski definition) is 1. The van der Waals surface area contributed by atoms with Crippen LogP contribution >= 0.6 is 0 Å². The summed E-state index contributed by atoms with van der Waals surface area (Å²) in [5.41, 5.74) is -0.773. The monoisotopic (exact) mass is 601 g/mol. The van der Waals surface area contributed by atoms with E-state index < -0.39 is 23.3 Å². The Morgan fingerprint density at radius 1 is 1.16 bits per heavy atom. The molecule has 0 radical (unpaired) electrons. The van der Waals surface area contributed by atoms with E-state index in [9.17, 15) is 13.9 Å². The van der Waals surface area contributed by atoms with Crippen LogP contribution in [-0.2, 0) is 4.74 Å². The van der Waals surface area contributed by atoms with Crippen molar-refractivity contribution in [1.29, 1.82) is 0 Å². The first-order valence-electron chi connectivity index (χ1n) is 15.0. The van der Waals surface area contributed by atoms with Gasteiger partial charge >= 0.3 is 6.01 Å². The number of benzene rings is 2. The number of fused-ring (bicyclic) bond motifs is 3. The lowest BCUT2D eigenvalue weighted by atomic mass is 9.83. The van der Waals surface area contributed by atoms with Crippen LogP contribution in [0.5, 0.6) is 11.8 Å². The highest BCUT2D eigenvalue weighted by Gasteiger charge is 2.50. The van der Waals surface area contributed by atoms with Gasteiger partial charge < -0.3 is 19.5 Å². The second-order valence-corrected chi connectivity index (χ2v) is 12.5. The molecule has 2 aromatic heterocycles. The number of aromatic hydroxyl groups is 1. The molecule has 4 aliphatic rings. The van der Waals surface area contributed by atoms with Crippen LogP contribution in [-0.4, -0.2) is 81.7 Å². The van der Waals surface area contributed by atoms with Crippen LogP contribution in [0.15, 0.2) is 30.5 Å². The summed E-state index contributed by atoms with van der Waals surface area (Å²) in [4.78, 5) is 18.0. The third-order valence-electron chi connectivity index (χ3n) is 10.0. The van der Waals surface area contributed by atoms with Gasteiger partial charge in [-0.15, -0.1) is 6.42 Å². The molecule has 2 aromatic carbocycles. The van der Waals surface area contributed by atoms with Crippen molar-refractivity contribution in [3.63, 3.8) is 0 Å². The number of phenolic OH excluding ortho intramolecular Hbond substituents is 1. The third-order valence-corrected chi connectivity index (χ3v) is 10.0. The average molecular weight is 602 g/mol. The maximum Gasteiger partial charge on any atom is 0.319 e. The van der Waals surface area contributed by atoms with Crippen LogP contribution in [0.2, 0.25) is 0 Å². The number of pyridine rings is 1. The van der Waals surface area contributed by atoms with Gasteiger partial charge in [0.1, 0.15) is 41.4 Å². The SMILES string of the molecule is C#Cc1c(F)ccc2cc(O)cc(-c3ncc4c(N5CCC56CCOC6)nc(OC[C@@]56CCCN5C[C@H](F)C6)nc4c3F)c12. The topological polar surface area (TPSA) is 83.8 Å². The van der Waals surface area contributed by atoms with Gasteiger partial charge in [-0.3, -0.25) is 9.88 Å². The van der Waals surface area contributed by atoms with Crippen molar-refractivity contribution in [2.75, 3.05) is 44.4 Å². The molecule has 1 N–H and O–H groups in total. The van der Waals surface area contributed by atoms with Crippen molar-refractivity contribution in [2.45, 2.75) is 49.4 Å². The fourth-order valence-corrected chi connectivity index (χ4v) is 7.76. The molecule has 4 aliphatic heterocycles. The zero-order valence-corrected chi connectivity index (χ0v) is 24.0. The predicted octanol–water partition coefficient (Wildman–Crippen LogP) is 5.13. The average Bonchev–Trinajstić information content (AvgIpc) is 3.72. The zero-order valence-electron chi connectivity index (χ0n) is 24.0. The number of anilines is 1. The molecule has 1 spiro atoms. The Kier molecular flexibility index (Phi) is 6.19. The van der Waals surface area contributed by atoms with Crippen LogP contribution in [0.1, 0.15) is 37.7 Å². The molecular formula is C33H30F3N5O3. The van der Waals surface area contributed by atoms with Gasteiger partial charge in [0.25, 0.3) is 0 Å². The Balaban J connectivity index is 1.29. The minimum Gasteiger partial charge on any atom is -0.508 e. The number of aromatic nitrogens is 3. The van der Waals surface area contributed by atoms with Crippen LogP contribution in [0, 0.1) is 24.0 Å². The largest absolute Gasteiger partial charge is 0.508 e. The number of halogens is 3. The summed E-state index contributed by atoms with van der Waals surface area (Å²) < 4.78 is 57.9. The first-order valence-corrected chi connectivity index (χ1v) is 15.0. The van der Waals surface area contributed by atoms with Gasteiger partial charge in [-0.25, -0.2) is 13.2 Å². The van der Waals surface area contributed by atoms with E-state index in [1.54, 1.807) is 0 Å². The Morgan fingerprint density at radius 3 is 2.82 bits per heavy atom. The summed E-state index contributed by atoms with van der Waals surface area (Å²) in [6.45, 7) is 3.24. The molecule has 0 saturated carbocycles. The lowest BCUT2D eigenvalue weighted by Gasteiger charge is -2.50. The summed E-state index contributed by atoms with van der Waals surface area (Å²) in [5.74, 6) is 1.28. The summed E-state index contributed by atoms with van der Waals surface area (Å²) in [6, 6.07) is 5.44. The molecule has 8 rings (SSSR count). The van der Waals surface area contributed by atoms with Crippen LogP contribution in [0.4, 0.5) is 19.0 Å². The highest BCUT2D eigenvalue weighted by Crippen LogP contribution is 2.45. The van der Waals surface area contributed by atoms with Gasteiger partial charge in [0, 0.05) is 43.3 Å². The molecule has 0 bridgehead atoms. The molecule has 11 heteroatoms. The highest BCUT2D eigenvalue weighted by atomic mass is 19.1. The van der Waals surface area contributed by atoms with Gasteiger partial charge in [-0.2, -0.15) is 9.97 Å². The first kappa shape index (κ1) is 27.4. The smallest absolute Gasteiger partial charge is 0.319 e. The third kappa shape index (κ3) is 4.04. The van der Waals surface area contributed by atoms with Crippen molar-refractivity contribution >= 4 is 27.5 Å². The molecule has 3 atom stereocenters. The standard InChI is InChI=1S/C33H30F3N5O3/c1-2-22-25(35)5-4-19-12-21(42)13-23(26(19)22)28-27(36)29-24(15-37-28)30(41-10-7-32(41)8-11-43-17-32)39-31(38-29)44-18-33-6-3-9-40(33)16-20(34)14-33/h1,4-5,12-13,15,20,42H,3,6-11,14,16-18H2/t20-,32?,33+/m1/s1. The first-order chi connectivity index (χ1) is 21.3. The van der Waals surface area contributed by atoms with Crippen molar-refractivity contribution in [2.24, 2.45) is 0 Å². The molecule has 44 heavy (non-hydrogen) atoms. The van der Waals surface area contributed by atoms with Crippen LogP contribution in [0.3, 0.4) is 0 Å². The van der Waals surface area contributed by atoms with E-state index in [1.807, 2.05) is 0 Å². The minimum absolute atomic E-state index is 0.0100. The van der Waals surface area contributed by atoms with E-state index in [0.717, 1.165) is 32.2 Å². The van der Waals surface area contributed by atoms with Gasteiger partial charge in [-0.1, -0.05) is 12.0 Å². The summed E-state index contributed by atoms with van der Waals surface area (Å²) in [6.07, 6.45) is 10.1. The number of hydrogen-bond acceptors (Lipinski definition) is 8. The second kappa shape index (κ2) is 9.94. The van der Waals surface area contributed by atoms with Crippen LogP contribution in [0.25, 0.3) is 32.9 Å². The molecule has 4 aromatic rings. The predicted molar refractivity (Wildman–Crippen MR) is 158 cm³/mol. The Hall–Kier alpha value is -4.14. The van der Waals surface area contributed by atoms with E-state index in [0.29, 0.717) is 49.3 Å². The quantitative estimate of drug-likeness (QED) is 0.315. The number of rotatable bonds is 5. The molecule has 4 fully saturated rings. The summed E-state index contributed by atoms with van der Waals surface area (Å²) >= 11 is 0. The van der Waals surface area contributed by atoms with E-state index in [2.05, 4.69) is 25.7 Å².